The molecule has 1 aliphatic heterocycles. The van der Waals surface area contributed by atoms with Crippen LogP contribution in [0, 0.1) is 0 Å². The number of nitrogens with one attached hydrogen (secondary N) is 4. The zero-order chi connectivity index (χ0) is 19.3. The summed E-state index contributed by atoms with van der Waals surface area (Å²) in [5.41, 5.74) is 4.70. The number of urea groups is 2. The average Bonchev–Trinajstić information content (AvgIpc) is 3.16. The summed E-state index contributed by atoms with van der Waals surface area (Å²) in [5.74, 6) is -1.08. The van der Waals surface area contributed by atoms with Gasteiger partial charge in [-0.1, -0.05) is 0 Å². The lowest BCUT2D eigenvalue weighted by atomic mass is 10.0. The topological polar surface area (TPSA) is 168 Å². The third-order valence-corrected chi connectivity index (χ3v) is 3.46. The van der Waals surface area contributed by atoms with E-state index in [1.54, 1.807) is 0 Å². The highest BCUT2D eigenvalue weighted by atomic mass is 16.3. The standard InChI is InChI=1S/C15H18N6O5/c1-17-8(7-15(16)12(23)20-14(25)21-15)3-4-9-5-6-10(26-9)11(22)19-13(24)18-2/h3-6H,7,16H2,1-2H3,(H2,18,19,22,24)(H2,20,21,23,25)/b4-3-,17-8?. The number of nitrogens with two attached hydrogens (primary N) is 1. The van der Waals surface area contributed by atoms with Crippen LogP contribution < -0.4 is 27.0 Å². The van der Waals surface area contributed by atoms with Crippen LogP contribution in [0.4, 0.5) is 9.59 Å². The highest BCUT2D eigenvalue weighted by Crippen LogP contribution is 2.13. The first-order valence-corrected chi connectivity index (χ1v) is 7.46. The molecule has 1 unspecified atom stereocenters. The maximum absolute atomic E-state index is 11.7. The maximum atomic E-state index is 11.7. The van der Waals surface area contributed by atoms with Crippen LogP contribution in [-0.4, -0.2) is 49.3 Å². The van der Waals surface area contributed by atoms with Crippen LogP contribution in [0.25, 0.3) is 6.08 Å². The maximum Gasteiger partial charge on any atom is 0.323 e. The van der Waals surface area contributed by atoms with Gasteiger partial charge in [-0.15, -0.1) is 0 Å². The van der Waals surface area contributed by atoms with E-state index in [2.05, 4.69) is 26.3 Å². The molecule has 0 spiro atoms. The first kappa shape index (κ1) is 18.9. The summed E-state index contributed by atoms with van der Waals surface area (Å²) in [6.45, 7) is 0. The van der Waals surface area contributed by atoms with Gasteiger partial charge < -0.3 is 20.8 Å². The fourth-order valence-electron chi connectivity index (χ4n) is 2.10. The fraction of sp³-hybridized carbons (Fsp3) is 0.267. The third-order valence-electron chi connectivity index (χ3n) is 3.46. The normalized spacial score (nSPS) is 20.0. The van der Waals surface area contributed by atoms with Crippen LogP contribution in [0.1, 0.15) is 22.7 Å². The van der Waals surface area contributed by atoms with Gasteiger partial charge in [0.1, 0.15) is 5.76 Å². The Morgan fingerprint density at radius 2 is 2.12 bits per heavy atom. The van der Waals surface area contributed by atoms with Gasteiger partial charge in [-0.05, 0) is 24.3 Å². The van der Waals surface area contributed by atoms with Crippen molar-refractivity contribution in [1.82, 2.24) is 21.3 Å². The summed E-state index contributed by atoms with van der Waals surface area (Å²) in [6.07, 6.45) is 3.00. The van der Waals surface area contributed by atoms with E-state index in [4.69, 9.17) is 10.2 Å². The first-order chi connectivity index (χ1) is 12.3. The highest BCUT2D eigenvalue weighted by Gasteiger charge is 2.43. The molecule has 1 aromatic heterocycles. The molecule has 1 fully saturated rings. The van der Waals surface area contributed by atoms with Crippen molar-refractivity contribution in [2.24, 2.45) is 10.7 Å². The van der Waals surface area contributed by atoms with Gasteiger partial charge in [-0.2, -0.15) is 0 Å². The largest absolute Gasteiger partial charge is 0.452 e. The summed E-state index contributed by atoms with van der Waals surface area (Å²) in [5, 5.41) is 8.71. The minimum atomic E-state index is -1.59. The van der Waals surface area contributed by atoms with E-state index >= 15 is 0 Å². The number of hydrogen-bond acceptors (Lipinski definition) is 7. The predicted molar refractivity (Wildman–Crippen MR) is 91.2 cm³/mol. The van der Waals surface area contributed by atoms with Crippen LogP contribution in [0.15, 0.2) is 27.6 Å². The molecule has 2 heterocycles. The monoisotopic (exact) mass is 362 g/mol. The van der Waals surface area contributed by atoms with Crippen LogP contribution >= 0.6 is 0 Å². The number of hydrogen-bond donors (Lipinski definition) is 5. The Morgan fingerprint density at radius 3 is 2.69 bits per heavy atom. The minimum absolute atomic E-state index is 0.0394. The molecule has 2 rings (SSSR count). The van der Waals surface area contributed by atoms with Crippen LogP contribution in [-0.2, 0) is 4.79 Å². The summed E-state index contributed by atoms with van der Waals surface area (Å²) >= 11 is 0. The van der Waals surface area contributed by atoms with Gasteiger partial charge in [0.25, 0.3) is 11.8 Å². The number of aliphatic imine (C=N–C) groups is 1. The smallest absolute Gasteiger partial charge is 0.323 e. The third kappa shape index (κ3) is 4.33. The zero-order valence-corrected chi connectivity index (χ0v) is 14.1. The Balaban J connectivity index is 2.04. The molecule has 1 aliphatic rings. The van der Waals surface area contributed by atoms with Gasteiger partial charge in [0.15, 0.2) is 11.4 Å². The SMILES string of the molecule is CN=C(/C=C\c1ccc(C(=O)NC(=O)NC)o1)CC1(N)NC(=O)NC1=O. The molecule has 0 saturated carbocycles. The number of carbonyl (C=O) groups is 4. The Hall–Kier alpha value is -3.47. The minimum Gasteiger partial charge on any atom is -0.452 e. The van der Waals surface area contributed by atoms with E-state index < -0.39 is 29.5 Å². The molecule has 11 heteroatoms. The molecule has 0 aliphatic carbocycles. The second-order valence-corrected chi connectivity index (χ2v) is 5.34. The fourth-order valence-corrected chi connectivity index (χ4v) is 2.10. The molecule has 6 N–H and O–H groups in total. The van der Waals surface area contributed by atoms with E-state index in [-0.39, 0.29) is 12.2 Å². The molecule has 26 heavy (non-hydrogen) atoms. The molecular weight excluding hydrogens is 344 g/mol. The highest BCUT2D eigenvalue weighted by molar-refractivity contribution is 6.10. The van der Waals surface area contributed by atoms with Crippen LogP contribution in [0.3, 0.4) is 0 Å². The Morgan fingerprint density at radius 1 is 1.38 bits per heavy atom. The molecule has 0 bridgehead atoms. The van der Waals surface area contributed by atoms with Gasteiger partial charge in [-0.3, -0.25) is 25.2 Å². The van der Waals surface area contributed by atoms with Gasteiger partial charge >= 0.3 is 12.1 Å². The molecule has 1 aromatic rings. The molecule has 1 saturated heterocycles. The van der Waals surface area contributed by atoms with Gasteiger partial charge in [-0.25, -0.2) is 9.59 Å². The number of imide groups is 2. The molecule has 6 amide bonds. The Bertz CT molecular complexity index is 811. The van der Waals surface area contributed by atoms with Crippen molar-refractivity contribution in [2.45, 2.75) is 12.1 Å². The van der Waals surface area contributed by atoms with Crippen molar-refractivity contribution in [1.29, 1.82) is 0 Å². The van der Waals surface area contributed by atoms with Crippen molar-refractivity contribution in [2.75, 3.05) is 14.1 Å². The van der Waals surface area contributed by atoms with Gasteiger partial charge in [0.05, 0.1) is 0 Å². The summed E-state index contributed by atoms with van der Waals surface area (Å²) in [6, 6.07) is 1.59. The van der Waals surface area contributed by atoms with E-state index in [1.165, 1.54) is 38.4 Å². The van der Waals surface area contributed by atoms with Crippen molar-refractivity contribution >= 4 is 35.7 Å². The lowest BCUT2D eigenvalue weighted by Gasteiger charge is -2.19. The lowest BCUT2D eigenvalue weighted by Crippen LogP contribution is -2.56. The van der Waals surface area contributed by atoms with Gasteiger partial charge in [0.2, 0.25) is 0 Å². The molecule has 0 radical (unpaired) electrons. The molecule has 0 aromatic carbocycles. The van der Waals surface area contributed by atoms with E-state index in [9.17, 15) is 19.2 Å². The predicted octanol–water partition coefficient (Wildman–Crippen LogP) is -0.683. The van der Waals surface area contributed by atoms with Crippen LogP contribution in [0.5, 0.6) is 0 Å². The second-order valence-electron chi connectivity index (χ2n) is 5.34. The van der Waals surface area contributed by atoms with Crippen molar-refractivity contribution < 1.29 is 23.6 Å². The zero-order valence-electron chi connectivity index (χ0n) is 14.1. The number of allylic oxidation sites excluding steroid dienone is 1. The number of amides is 6. The van der Waals surface area contributed by atoms with Crippen molar-refractivity contribution in [3.8, 4) is 0 Å². The summed E-state index contributed by atoms with van der Waals surface area (Å²) in [4.78, 5) is 49.8. The molecule has 1 atom stereocenters. The van der Waals surface area contributed by atoms with E-state index in [0.717, 1.165) is 0 Å². The average molecular weight is 362 g/mol. The van der Waals surface area contributed by atoms with Crippen LogP contribution in [0.2, 0.25) is 0 Å². The number of furan rings is 1. The van der Waals surface area contributed by atoms with Crippen molar-refractivity contribution in [3.63, 3.8) is 0 Å². The van der Waals surface area contributed by atoms with E-state index in [0.29, 0.717) is 11.5 Å². The quantitative estimate of drug-likeness (QED) is 0.343. The molecule has 11 nitrogen and oxygen atoms in total. The number of nitrogens with zero attached hydrogens (tertiary/aromatic N) is 1. The molecule has 138 valence electrons. The molecular formula is C15H18N6O5. The Kier molecular flexibility index (Phi) is 5.52. The Labute approximate surface area is 148 Å². The number of rotatable bonds is 5. The lowest BCUT2D eigenvalue weighted by molar-refractivity contribution is -0.123. The summed E-state index contributed by atoms with van der Waals surface area (Å²) in [7, 11) is 2.88. The number of carbonyl (C=O) groups excluding carboxylic acids is 4. The van der Waals surface area contributed by atoms with Gasteiger partial charge in [0, 0.05) is 26.2 Å². The van der Waals surface area contributed by atoms with Crippen molar-refractivity contribution in [3.05, 3.63) is 29.7 Å². The second kappa shape index (κ2) is 7.61. The van der Waals surface area contributed by atoms with E-state index in [1.807, 2.05) is 0 Å². The first-order valence-electron chi connectivity index (χ1n) is 7.46. The summed E-state index contributed by atoms with van der Waals surface area (Å²) < 4.78 is 5.30.